The Morgan fingerprint density at radius 2 is 1.79 bits per heavy atom. The maximum atomic E-state index is 11.5. The van der Waals surface area contributed by atoms with Crippen molar-refractivity contribution in [2.75, 3.05) is 4.90 Å². The van der Waals surface area contributed by atoms with Crippen LogP contribution in [0.2, 0.25) is 0 Å². The minimum atomic E-state index is -0.955. The Labute approximate surface area is 121 Å². The van der Waals surface area contributed by atoms with Gasteiger partial charge in [0, 0.05) is 10.0 Å². The van der Waals surface area contributed by atoms with Gasteiger partial charge in [0.25, 0.3) is 0 Å². The quantitative estimate of drug-likeness (QED) is 0.812. The summed E-state index contributed by atoms with van der Waals surface area (Å²) >= 11 is 3.54. The van der Waals surface area contributed by atoms with Crippen LogP contribution in [0.4, 0.5) is 10.5 Å². The van der Waals surface area contributed by atoms with Gasteiger partial charge in [-0.05, 0) is 53.5 Å². The van der Waals surface area contributed by atoms with E-state index in [9.17, 15) is 9.90 Å². The molecule has 0 heterocycles. The van der Waals surface area contributed by atoms with Crippen LogP contribution < -0.4 is 4.90 Å². The Morgan fingerprint density at radius 1 is 1.16 bits per heavy atom. The first-order valence-corrected chi connectivity index (χ1v) is 6.82. The van der Waals surface area contributed by atoms with Crippen molar-refractivity contribution in [2.45, 2.75) is 26.3 Å². The highest BCUT2D eigenvalue weighted by molar-refractivity contribution is 9.10. The number of hydrogen-bond donors (Lipinski definition) is 1. The van der Waals surface area contributed by atoms with Crippen LogP contribution in [0.3, 0.4) is 0 Å². The lowest BCUT2D eigenvalue weighted by atomic mass is 10.0. The number of fused-ring (bicyclic) bond motifs is 1. The Balaban J connectivity index is 2.68. The lowest BCUT2D eigenvalue weighted by Gasteiger charge is -2.34. The number of hydrogen-bond acceptors (Lipinski definition) is 1. The number of anilines is 1. The molecule has 0 fully saturated rings. The van der Waals surface area contributed by atoms with E-state index in [-0.39, 0.29) is 0 Å². The van der Waals surface area contributed by atoms with Gasteiger partial charge < -0.3 is 5.11 Å². The molecule has 0 bridgehead atoms. The second-order valence-electron chi connectivity index (χ2n) is 5.41. The topological polar surface area (TPSA) is 40.5 Å². The number of rotatable bonds is 1. The van der Waals surface area contributed by atoms with Gasteiger partial charge in [0.15, 0.2) is 0 Å². The Morgan fingerprint density at radius 3 is 2.37 bits per heavy atom. The van der Waals surface area contributed by atoms with Crippen LogP contribution in [0.15, 0.2) is 40.9 Å². The predicted octanol–water partition coefficient (Wildman–Crippen LogP) is 4.89. The van der Waals surface area contributed by atoms with Crippen molar-refractivity contribution < 1.29 is 9.90 Å². The molecule has 0 unspecified atom stereocenters. The van der Waals surface area contributed by atoms with Gasteiger partial charge in [0.05, 0.1) is 5.69 Å². The molecule has 0 saturated heterocycles. The number of carboxylic acid groups (broad SMARTS) is 1. The van der Waals surface area contributed by atoms with Crippen molar-refractivity contribution in [3.8, 4) is 0 Å². The molecule has 2 aromatic rings. The van der Waals surface area contributed by atoms with Gasteiger partial charge in [-0.15, -0.1) is 0 Å². The molecule has 0 radical (unpaired) electrons. The zero-order valence-electron chi connectivity index (χ0n) is 11.1. The molecule has 0 saturated carbocycles. The maximum absolute atomic E-state index is 11.5. The summed E-state index contributed by atoms with van der Waals surface area (Å²) in [6.45, 7) is 5.63. The van der Waals surface area contributed by atoms with Gasteiger partial charge in [-0.1, -0.05) is 30.3 Å². The standard InChI is InChI=1S/C15H16BrNO2/c1-15(2,3)17(14(18)19)12-9-8-10-6-4-5-7-11(10)13(12)16/h4-9H,1-3H3,(H,18,19). The highest BCUT2D eigenvalue weighted by Crippen LogP contribution is 2.36. The number of amides is 1. The van der Waals surface area contributed by atoms with Gasteiger partial charge in [0.1, 0.15) is 0 Å². The van der Waals surface area contributed by atoms with E-state index in [1.54, 1.807) is 0 Å². The molecule has 0 aliphatic carbocycles. The zero-order chi connectivity index (χ0) is 14.2. The van der Waals surface area contributed by atoms with Crippen molar-refractivity contribution in [1.29, 1.82) is 0 Å². The molecule has 1 amide bonds. The van der Waals surface area contributed by atoms with Crippen molar-refractivity contribution in [3.63, 3.8) is 0 Å². The smallest absolute Gasteiger partial charge is 0.412 e. The van der Waals surface area contributed by atoms with E-state index >= 15 is 0 Å². The SMILES string of the molecule is CC(C)(C)N(C(=O)O)c1ccc2ccccc2c1Br. The van der Waals surface area contributed by atoms with Crippen LogP contribution in [-0.4, -0.2) is 16.7 Å². The molecule has 0 aliphatic heterocycles. The van der Waals surface area contributed by atoms with Crippen molar-refractivity contribution >= 4 is 38.5 Å². The molecule has 0 aliphatic rings. The first kappa shape index (κ1) is 13.9. The lowest BCUT2D eigenvalue weighted by molar-refractivity contribution is 0.195. The molecule has 4 heteroatoms. The Kier molecular flexibility index (Phi) is 3.54. The minimum absolute atomic E-state index is 0.503. The normalized spacial score (nSPS) is 11.6. The summed E-state index contributed by atoms with van der Waals surface area (Å²) in [7, 11) is 0. The first-order chi connectivity index (χ1) is 8.82. The molecule has 0 spiro atoms. The van der Waals surface area contributed by atoms with Gasteiger partial charge in [-0.2, -0.15) is 0 Å². The molecular weight excluding hydrogens is 306 g/mol. The molecule has 2 aromatic carbocycles. The molecule has 100 valence electrons. The number of benzene rings is 2. The predicted molar refractivity (Wildman–Crippen MR) is 81.9 cm³/mol. The van der Waals surface area contributed by atoms with Gasteiger partial charge in [-0.25, -0.2) is 4.79 Å². The fourth-order valence-electron chi connectivity index (χ4n) is 2.15. The number of nitrogens with zero attached hydrogens (tertiary/aromatic N) is 1. The largest absolute Gasteiger partial charge is 0.465 e. The fraction of sp³-hybridized carbons (Fsp3) is 0.267. The summed E-state index contributed by atoms with van der Waals surface area (Å²) in [4.78, 5) is 12.9. The van der Waals surface area contributed by atoms with Crippen LogP contribution in [0.1, 0.15) is 20.8 Å². The van der Waals surface area contributed by atoms with E-state index < -0.39 is 11.6 Å². The Bertz CT molecular complexity index is 632. The van der Waals surface area contributed by atoms with E-state index in [2.05, 4.69) is 15.9 Å². The van der Waals surface area contributed by atoms with E-state index in [0.29, 0.717) is 5.69 Å². The maximum Gasteiger partial charge on any atom is 0.412 e. The monoisotopic (exact) mass is 321 g/mol. The molecule has 2 rings (SSSR count). The number of halogens is 1. The van der Waals surface area contributed by atoms with E-state index in [0.717, 1.165) is 15.2 Å². The molecule has 0 aromatic heterocycles. The lowest BCUT2D eigenvalue weighted by Crippen LogP contribution is -2.45. The van der Waals surface area contributed by atoms with Crippen LogP contribution in [0, 0.1) is 0 Å². The molecule has 19 heavy (non-hydrogen) atoms. The summed E-state index contributed by atoms with van der Waals surface area (Å²) in [6.07, 6.45) is -0.955. The summed E-state index contributed by atoms with van der Waals surface area (Å²) in [6, 6.07) is 11.7. The third-order valence-corrected chi connectivity index (χ3v) is 3.78. The van der Waals surface area contributed by atoms with Gasteiger partial charge in [0.2, 0.25) is 0 Å². The van der Waals surface area contributed by atoms with E-state index in [1.807, 2.05) is 57.2 Å². The second-order valence-corrected chi connectivity index (χ2v) is 6.20. The van der Waals surface area contributed by atoms with Gasteiger partial charge in [-0.3, -0.25) is 4.90 Å². The van der Waals surface area contributed by atoms with Crippen LogP contribution in [-0.2, 0) is 0 Å². The number of carbonyl (C=O) groups is 1. The van der Waals surface area contributed by atoms with Crippen LogP contribution >= 0.6 is 15.9 Å². The van der Waals surface area contributed by atoms with E-state index in [4.69, 9.17) is 0 Å². The van der Waals surface area contributed by atoms with Crippen molar-refractivity contribution in [1.82, 2.24) is 0 Å². The fourth-order valence-corrected chi connectivity index (χ4v) is 2.82. The van der Waals surface area contributed by atoms with Crippen molar-refractivity contribution in [2.24, 2.45) is 0 Å². The summed E-state index contributed by atoms with van der Waals surface area (Å²) in [5, 5.41) is 11.6. The third kappa shape index (κ3) is 2.59. The first-order valence-electron chi connectivity index (χ1n) is 6.03. The summed E-state index contributed by atoms with van der Waals surface area (Å²) < 4.78 is 0.808. The minimum Gasteiger partial charge on any atom is -0.465 e. The second kappa shape index (κ2) is 4.85. The highest BCUT2D eigenvalue weighted by atomic mass is 79.9. The van der Waals surface area contributed by atoms with Crippen molar-refractivity contribution in [3.05, 3.63) is 40.9 Å². The van der Waals surface area contributed by atoms with E-state index in [1.165, 1.54) is 4.90 Å². The third-order valence-electron chi connectivity index (χ3n) is 2.95. The molecule has 3 nitrogen and oxygen atoms in total. The highest BCUT2D eigenvalue weighted by Gasteiger charge is 2.29. The summed E-state index contributed by atoms with van der Waals surface area (Å²) in [5.74, 6) is 0. The summed E-state index contributed by atoms with van der Waals surface area (Å²) in [5.41, 5.74) is 0.162. The Hall–Kier alpha value is -1.55. The molecule has 0 atom stereocenters. The average Bonchev–Trinajstić information content (AvgIpc) is 2.31. The molecular formula is C15H16BrNO2. The molecule has 1 N–H and O–H groups in total. The zero-order valence-corrected chi connectivity index (χ0v) is 12.7. The average molecular weight is 322 g/mol. The van der Waals surface area contributed by atoms with Crippen LogP contribution in [0.25, 0.3) is 10.8 Å². The van der Waals surface area contributed by atoms with Gasteiger partial charge >= 0.3 is 6.09 Å². The van der Waals surface area contributed by atoms with Crippen LogP contribution in [0.5, 0.6) is 0 Å².